The fraction of sp³-hybridized carbons (Fsp3) is 0.394. The van der Waals surface area contributed by atoms with Crippen LogP contribution in [-0.4, -0.2) is 18.9 Å². The third-order valence-electron chi connectivity index (χ3n) is 8.03. The molecule has 3 aromatic rings. The summed E-state index contributed by atoms with van der Waals surface area (Å²) >= 11 is 1.65. The van der Waals surface area contributed by atoms with E-state index in [1.807, 2.05) is 30.4 Å². The first-order chi connectivity index (χ1) is 18.9. The molecule has 0 radical (unpaired) electrons. The summed E-state index contributed by atoms with van der Waals surface area (Å²) in [5, 5.41) is 14.4. The van der Waals surface area contributed by atoms with Gasteiger partial charge in [-0.2, -0.15) is 4.57 Å². The highest BCUT2D eigenvalue weighted by Gasteiger charge is 2.41. The number of allylic oxidation sites excluding steroid dienone is 4. The van der Waals surface area contributed by atoms with Crippen molar-refractivity contribution in [1.82, 2.24) is 0 Å². The maximum absolute atomic E-state index is 13.4. The lowest BCUT2D eigenvalue weighted by molar-refractivity contribution is -0.669. The Labute approximate surface area is 236 Å². The maximum Gasteiger partial charge on any atom is 0.263 e. The van der Waals surface area contributed by atoms with Gasteiger partial charge in [0.1, 0.15) is 4.70 Å². The van der Waals surface area contributed by atoms with Crippen LogP contribution in [0.2, 0.25) is 0 Å². The Balaban J connectivity index is 1.49. The number of aryl methyl sites for hydroxylation is 1. The number of aromatic nitrogens is 1. The molecule has 5 rings (SSSR count). The first-order valence-electron chi connectivity index (χ1n) is 14.3. The van der Waals surface area contributed by atoms with E-state index in [1.54, 1.807) is 11.3 Å². The number of anilines is 1. The van der Waals surface area contributed by atoms with E-state index < -0.39 is 0 Å². The molecule has 0 bridgehead atoms. The van der Waals surface area contributed by atoms with Gasteiger partial charge in [0.15, 0.2) is 12.3 Å². The second-order valence-electron chi connectivity index (χ2n) is 11.1. The standard InChI is InChI=1S/C33H39N3O2S/c1-4-5-6-12-20-36-27-16-9-10-17-28(27)39-30(36)22-24-31(37)23(32(24)38)21-29-33(2,3)25-14-7-8-15-26(25)35(29)19-13-11-18-34/h7-10,14-17,21-22H,4-6,11-13,18-20,34H2,1-3H3. The zero-order chi connectivity index (χ0) is 27.6. The second-order valence-corrected chi connectivity index (χ2v) is 12.1. The van der Waals surface area contributed by atoms with E-state index in [-0.39, 0.29) is 22.5 Å². The number of carbonyl (C=O) groups excluding carboxylic acids is 1. The van der Waals surface area contributed by atoms with Gasteiger partial charge in [-0.3, -0.25) is 4.79 Å². The van der Waals surface area contributed by atoms with Gasteiger partial charge in [0.2, 0.25) is 5.52 Å². The van der Waals surface area contributed by atoms with Crippen molar-refractivity contribution >= 4 is 39.1 Å². The molecule has 1 aliphatic heterocycles. The van der Waals surface area contributed by atoms with Gasteiger partial charge in [0.05, 0.1) is 0 Å². The molecule has 204 valence electrons. The fourth-order valence-electron chi connectivity index (χ4n) is 5.80. The minimum Gasteiger partial charge on any atom is -0.871 e. The van der Waals surface area contributed by atoms with Gasteiger partial charge in [-0.15, -0.1) is 0 Å². The molecule has 1 aromatic heterocycles. The van der Waals surface area contributed by atoms with Crippen molar-refractivity contribution in [3.8, 4) is 0 Å². The molecule has 6 heteroatoms. The molecule has 2 heterocycles. The van der Waals surface area contributed by atoms with Crippen molar-refractivity contribution < 1.29 is 14.5 Å². The number of carbonyl (C=O) groups is 1. The number of nitrogens with two attached hydrogens (primary N) is 1. The highest BCUT2D eigenvalue weighted by molar-refractivity contribution is 7.18. The Bertz CT molecular complexity index is 1480. The predicted octanol–water partition coefficient (Wildman–Crippen LogP) is 5.77. The predicted molar refractivity (Wildman–Crippen MR) is 159 cm³/mol. The minimum absolute atomic E-state index is 0.156. The van der Waals surface area contributed by atoms with Gasteiger partial charge >= 0.3 is 0 Å². The molecule has 0 atom stereocenters. The monoisotopic (exact) mass is 541 g/mol. The van der Waals surface area contributed by atoms with Crippen molar-refractivity contribution in [3.63, 3.8) is 0 Å². The summed E-state index contributed by atoms with van der Waals surface area (Å²) in [7, 11) is 0. The van der Waals surface area contributed by atoms with E-state index in [0.717, 1.165) is 54.3 Å². The Morgan fingerprint density at radius 3 is 2.54 bits per heavy atom. The molecule has 5 nitrogen and oxygen atoms in total. The number of hydrogen-bond acceptors (Lipinski definition) is 5. The number of unbranched alkanes of at least 4 members (excludes halogenated alkanes) is 4. The van der Waals surface area contributed by atoms with Crippen molar-refractivity contribution in [2.45, 2.75) is 71.3 Å². The van der Waals surface area contributed by atoms with Crippen LogP contribution >= 0.6 is 11.3 Å². The summed E-state index contributed by atoms with van der Waals surface area (Å²) in [6.45, 7) is 8.90. The zero-order valence-electron chi connectivity index (χ0n) is 23.3. The van der Waals surface area contributed by atoms with Crippen molar-refractivity contribution in [3.05, 3.63) is 87.8 Å². The van der Waals surface area contributed by atoms with Gasteiger partial charge in [-0.25, -0.2) is 0 Å². The average Bonchev–Trinajstić information content (AvgIpc) is 3.40. The van der Waals surface area contributed by atoms with Crippen LogP contribution in [0.15, 0.2) is 77.2 Å². The summed E-state index contributed by atoms with van der Waals surface area (Å²) in [5.74, 6) is -0.313. The number of nitrogens with zero attached hydrogens (tertiary/aromatic N) is 2. The van der Waals surface area contributed by atoms with Crippen molar-refractivity contribution in [2.24, 2.45) is 5.73 Å². The number of thiazole rings is 1. The highest BCUT2D eigenvalue weighted by Crippen LogP contribution is 2.48. The zero-order valence-corrected chi connectivity index (χ0v) is 24.2. The Kier molecular flexibility index (Phi) is 8.06. The Hall–Kier alpha value is -3.22. The summed E-state index contributed by atoms with van der Waals surface area (Å²) in [4.78, 5) is 15.7. The SMILES string of the molecule is CCCCCC[n+]1c(/C=C2\C(=O)C(/C=C3/N(CCCCN)c4ccccc4C3(C)C)=C2[O-])sc2ccccc21. The number of hydrogen-bond donors (Lipinski definition) is 1. The average molecular weight is 542 g/mol. The minimum atomic E-state index is -0.306. The van der Waals surface area contributed by atoms with E-state index in [4.69, 9.17) is 5.73 Å². The normalized spacial score (nSPS) is 18.5. The van der Waals surface area contributed by atoms with Crippen LogP contribution in [0.4, 0.5) is 5.69 Å². The number of Topliss-reactive ketones (excluding diaryl/α,β-unsaturated/α-hetero) is 1. The van der Waals surface area contributed by atoms with Gasteiger partial charge in [0.25, 0.3) is 5.01 Å². The topological polar surface area (TPSA) is 73.3 Å². The van der Waals surface area contributed by atoms with Crippen LogP contribution in [0.25, 0.3) is 16.3 Å². The molecule has 0 spiro atoms. The first-order valence-corrected chi connectivity index (χ1v) is 15.1. The smallest absolute Gasteiger partial charge is 0.263 e. The van der Waals surface area contributed by atoms with Crippen LogP contribution in [0.3, 0.4) is 0 Å². The van der Waals surface area contributed by atoms with Crippen LogP contribution in [0, 0.1) is 0 Å². The van der Waals surface area contributed by atoms with Gasteiger partial charge in [-0.1, -0.05) is 81.0 Å². The highest BCUT2D eigenvalue weighted by atomic mass is 32.1. The Morgan fingerprint density at radius 2 is 1.77 bits per heavy atom. The molecule has 0 saturated carbocycles. The maximum atomic E-state index is 13.4. The largest absolute Gasteiger partial charge is 0.871 e. The quantitative estimate of drug-likeness (QED) is 0.190. The Morgan fingerprint density at radius 1 is 1.00 bits per heavy atom. The number of ketones is 1. The van der Waals surface area contributed by atoms with Crippen LogP contribution in [0.5, 0.6) is 0 Å². The lowest BCUT2D eigenvalue weighted by Gasteiger charge is -2.32. The molecular weight excluding hydrogens is 502 g/mol. The van der Waals surface area contributed by atoms with Crippen molar-refractivity contribution in [2.75, 3.05) is 18.0 Å². The number of rotatable bonds is 11. The molecule has 0 unspecified atom stereocenters. The lowest BCUT2D eigenvalue weighted by Crippen LogP contribution is -2.36. The molecule has 1 aliphatic carbocycles. The molecular formula is C33H39N3O2S. The first kappa shape index (κ1) is 27.4. The van der Waals surface area contributed by atoms with Crippen LogP contribution in [-0.2, 0) is 16.8 Å². The van der Waals surface area contributed by atoms with E-state index in [0.29, 0.717) is 12.1 Å². The second kappa shape index (κ2) is 11.5. The van der Waals surface area contributed by atoms with E-state index >= 15 is 0 Å². The van der Waals surface area contributed by atoms with Gasteiger partial charge < -0.3 is 15.7 Å². The molecule has 2 N–H and O–H groups in total. The summed E-state index contributed by atoms with van der Waals surface area (Å²) in [6, 6.07) is 16.7. The van der Waals surface area contributed by atoms with Crippen LogP contribution in [0.1, 0.15) is 69.9 Å². The van der Waals surface area contributed by atoms with Gasteiger partial charge in [-0.05, 0) is 49.6 Å². The van der Waals surface area contributed by atoms with Gasteiger partial charge in [0, 0.05) is 53.1 Å². The third kappa shape index (κ3) is 5.08. The fourth-order valence-corrected chi connectivity index (χ4v) is 6.93. The molecule has 2 aromatic carbocycles. The van der Waals surface area contributed by atoms with E-state index in [9.17, 15) is 9.90 Å². The molecule has 0 saturated heterocycles. The van der Waals surface area contributed by atoms with Crippen LogP contribution < -0.4 is 20.3 Å². The number of fused-ring (bicyclic) bond motifs is 2. The number of para-hydroxylation sites is 2. The third-order valence-corrected chi connectivity index (χ3v) is 9.15. The molecule has 0 fully saturated rings. The molecule has 0 amide bonds. The lowest BCUT2D eigenvalue weighted by atomic mass is 9.80. The number of benzene rings is 2. The molecule has 2 aliphatic rings. The summed E-state index contributed by atoms with van der Waals surface area (Å²) < 4.78 is 3.44. The van der Waals surface area contributed by atoms with Crippen molar-refractivity contribution in [1.29, 1.82) is 0 Å². The summed E-state index contributed by atoms with van der Waals surface area (Å²) in [5.41, 5.74) is 10.6. The molecule has 39 heavy (non-hydrogen) atoms. The van der Waals surface area contributed by atoms with E-state index in [1.165, 1.54) is 29.5 Å². The summed E-state index contributed by atoms with van der Waals surface area (Å²) in [6.07, 6.45) is 10.2. The van der Waals surface area contributed by atoms with E-state index in [2.05, 4.69) is 60.6 Å².